The Kier molecular flexibility index (Phi) is 3.33. The maximum absolute atomic E-state index is 12.6. The Morgan fingerprint density at radius 3 is 2.48 bits per heavy atom. The van der Waals surface area contributed by atoms with Crippen molar-refractivity contribution in [2.75, 3.05) is 0 Å². The first-order chi connectivity index (χ1) is 9.70. The van der Waals surface area contributed by atoms with Crippen molar-refractivity contribution in [2.24, 2.45) is 0 Å². The predicted molar refractivity (Wildman–Crippen MR) is 60.0 cm³/mol. The highest BCUT2D eigenvalue weighted by Gasteiger charge is 2.32. The van der Waals surface area contributed by atoms with E-state index < -0.39 is 34.1 Å². The van der Waals surface area contributed by atoms with Crippen LogP contribution < -0.4 is 0 Å². The lowest BCUT2D eigenvalue weighted by molar-refractivity contribution is -0.390. The van der Waals surface area contributed by atoms with Gasteiger partial charge in [0, 0.05) is 0 Å². The number of halogens is 3. The first kappa shape index (κ1) is 14.4. The Morgan fingerprint density at radius 2 is 2.00 bits per heavy atom. The van der Waals surface area contributed by atoms with Gasteiger partial charge in [-0.2, -0.15) is 13.2 Å². The van der Waals surface area contributed by atoms with Gasteiger partial charge < -0.3 is 15.2 Å². The van der Waals surface area contributed by atoms with E-state index in [2.05, 4.69) is 10.2 Å². The fraction of sp³-hybridized carbons (Fsp3) is 0.100. The molecule has 21 heavy (non-hydrogen) atoms. The van der Waals surface area contributed by atoms with Crippen molar-refractivity contribution in [1.29, 1.82) is 0 Å². The molecule has 0 saturated heterocycles. The van der Waals surface area contributed by atoms with Crippen LogP contribution in [0.4, 0.5) is 19.0 Å². The van der Waals surface area contributed by atoms with Gasteiger partial charge in [-0.05, 0) is 23.1 Å². The summed E-state index contributed by atoms with van der Waals surface area (Å²) in [5, 5.41) is 26.0. The zero-order valence-corrected chi connectivity index (χ0v) is 9.90. The summed E-state index contributed by atoms with van der Waals surface area (Å²) in [6.45, 7) is 0. The van der Waals surface area contributed by atoms with E-state index in [1.807, 2.05) is 0 Å². The van der Waals surface area contributed by atoms with Crippen LogP contribution >= 0.6 is 0 Å². The van der Waals surface area contributed by atoms with Crippen LogP contribution in [0.1, 0.15) is 16.1 Å². The third kappa shape index (κ3) is 2.80. The second kappa shape index (κ2) is 4.85. The summed E-state index contributed by atoms with van der Waals surface area (Å²) in [5.41, 5.74) is -2.23. The smallest absolute Gasteiger partial charge is 0.425 e. The lowest BCUT2D eigenvalue weighted by Crippen LogP contribution is -2.07. The number of carbonyl (C=O) groups is 1. The number of alkyl halides is 3. The number of carboxylic acid groups (broad SMARTS) is 1. The molecule has 0 amide bonds. The summed E-state index contributed by atoms with van der Waals surface area (Å²) in [6.07, 6.45) is -4.62. The van der Waals surface area contributed by atoms with Gasteiger partial charge >= 0.3 is 18.0 Å². The Balaban J connectivity index is 2.55. The number of rotatable bonds is 3. The molecule has 0 radical (unpaired) electrons. The minimum Gasteiger partial charge on any atom is -0.476 e. The number of carboxylic acids is 1. The van der Waals surface area contributed by atoms with Crippen LogP contribution in [0.25, 0.3) is 5.69 Å². The molecule has 0 aliphatic rings. The molecule has 1 heterocycles. The molecule has 110 valence electrons. The minimum absolute atomic E-state index is 0.250. The average molecular weight is 302 g/mol. The number of benzene rings is 1. The lowest BCUT2D eigenvalue weighted by Gasteiger charge is -2.06. The van der Waals surface area contributed by atoms with Gasteiger partial charge in [-0.25, -0.2) is 4.79 Å². The van der Waals surface area contributed by atoms with E-state index in [-0.39, 0.29) is 5.69 Å². The van der Waals surface area contributed by atoms with Crippen LogP contribution in [0, 0.1) is 10.1 Å². The summed E-state index contributed by atoms with van der Waals surface area (Å²) in [6, 6.07) is 3.65. The molecule has 1 aromatic carbocycles. The quantitative estimate of drug-likeness (QED) is 0.684. The van der Waals surface area contributed by atoms with Crippen molar-refractivity contribution in [3.63, 3.8) is 0 Å². The van der Waals surface area contributed by atoms with E-state index in [1.54, 1.807) is 0 Å². The van der Waals surface area contributed by atoms with E-state index in [1.165, 1.54) is 0 Å². The molecule has 0 atom stereocenters. The first-order valence-corrected chi connectivity index (χ1v) is 5.23. The van der Waals surface area contributed by atoms with Gasteiger partial charge in [0.15, 0.2) is 0 Å². The van der Waals surface area contributed by atoms with E-state index in [0.717, 1.165) is 18.2 Å². The molecule has 1 N–H and O–H groups in total. The third-order valence-electron chi connectivity index (χ3n) is 2.38. The Bertz CT molecular complexity index is 694. The van der Waals surface area contributed by atoms with Crippen LogP contribution in [-0.4, -0.2) is 31.0 Å². The fourth-order valence-electron chi connectivity index (χ4n) is 1.48. The predicted octanol–water partition coefficient (Wildman–Crippen LogP) is 1.89. The summed E-state index contributed by atoms with van der Waals surface area (Å²) < 4.78 is 37.7. The largest absolute Gasteiger partial charge is 0.476 e. The molecular formula is C10H5F3N4O4. The zero-order valence-electron chi connectivity index (χ0n) is 9.90. The highest BCUT2D eigenvalue weighted by atomic mass is 19.4. The van der Waals surface area contributed by atoms with Gasteiger partial charge in [0.1, 0.15) is 5.69 Å². The third-order valence-corrected chi connectivity index (χ3v) is 2.38. The number of nitro groups is 1. The number of aromatic carboxylic acids is 1. The van der Waals surface area contributed by atoms with Crippen LogP contribution in [0.2, 0.25) is 0 Å². The number of aromatic nitrogens is 3. The second-order valence-corrected chi connectivity index (χ2v) is 3.77. The SMILES string of the molecule is O=C(O)c1nn(-c2cccc(C(F)(F)F)c2)nc1[N+](=O)[O-]. The van der Waals surface area contributed by atoms with E-state index in [4.69, 9.17) is 5.11 Å². The Morgan fingerprint density at radius 1 is 1.33 bits per heavy atom. The summed E-state index contributed by atoms with van der Waals surface area (Å²) >= 11 is 0. The normalized spacial score (nSPS) is 11.4. The van der Waals surface area contributed by atoms with Crippen molar-refractivity contribution < 1.29 is 28.0 Å². The minimum atomic E-state index is -4.62. The van der Waals surface area contributed by atoms with Crippen LogP contribution in [0.3, 0.4) is 0 Å². The highest BCUT2D eigenvalue weighted by molar-refractivity contribution is 5.88. The van der Waals surface area contributed by atoms with Crippen molar-refractivity contribution in [3.8, 4) is 5.69 Å². The second-order valence-electron chi connectivity index (χ2n) is 3.77. The molecule has 0 unspecified atom stereocenters. The van der Waals surface area contributed by atoms with Crippen LogP contribution in [0.5, 0.6) is 0 Å². The fourth-order valence-corrected chi connectivity index (χ4v) is 1.48. The Hall–Kier alpha value is -2.98. The molecule has 0 saturated carbocycles. The molecule has 0 bridgehead atoms. The molecule has 1 aromatic heterocycles. The lowest BCUT2D eigenvalue weighted by atomic mass is 10.2. The molecule has 2 rings (SSSR count). The average Bonchev–Trinajstić information content (AvgIpc) is 2.83. The van der Waals surface area contributed by atoms with Gasteiger partial charge in [0.25, 0.3) is 5.69 Å². The number of hydrogen-bond donors (Lipinski definition) is 1. The molecule has 8 nitrogen and oxygen atoms in total. The molecular weight excluding hydrogens is 297 g/mol. The summed E-state index contributed by atoms with van der Waals surface area (Å²) in [5.74, 6) is -2.76. The topological polar surface area (TPSA) is 111 Å². The maximum Gasteiger partial charge on any atom is 0.425 e. The summed E-state index contributed by atoms with van der Waals surface area (Å²) in [7, 11) is 0. The molecule has 0 spiro atoms. The van der Waals surface area contributed by atoms with E-state index in [0.29, 0.717) is 10.9 Å². The van der Waals surface area contributed by atoms with Crippen LogP contribution in [0.15, 0.2) is 24.3 Å². The van der Waals surface area contributed by atoms with Gasteiger partial charge in [-0.3, -0.25) is 0 Å². The molecule has 0 aliphatic heterocycles. The van der Waals surface area contributed by atoms with Gasteiger partial charge in [-0.1, -0.05) is 10.9 Å². The van der Waals surface area contributed by atoms with Crippen molar-refractivity contribution in [3.05, 3.63) is 45.6 Å². The standard InChI is InChI=1S/C10H5F3N4O4/c11-10(12,13)5-2-1-3-6(4-5)16-14-7(9(18)19)8(15-16)17(20)21/h1-4H,(H,18,19). The van der Waals surface area contributed by atoms with Gasteiger partial charge in [0.05, 0.1) is 10.7 Å². The molecule has 2 aromatic rings. The zero-order chi connectivity index (χ0) is 15.8. The first-order valence-electron chi connectivity index (χ1n) is 5.23. The van der Waals surface area contributed by atoms with Gasteiger partial charge in [-0.15, -0.1) is 5.10 Å². The van der Waals surface area contributed by atoms with E-state index >= 15 is 0 Å². The van der Waals surface area contributed by atoms with Crippen LogP contribution in [-0.2, 0) is 6.18 Å². The van der Waals surface area contributed by atoms with E-state index in [9.17, 15) is 28.1 Å². The maximum atomic E-state index is 12.6. The summed E-state index contributed by atoms with van der Waals surface area (Å²) in [4.78, 5) is 20.8. The highest BCUT2D eigenvalue weighted by Crippen LogP contribution is 2.30. The number of nitrogens with zero attached hydrogens (tertiary/aromatic N) is 4. The number of hydrogen-bond acceptors (Lipinski definition) is 5. The van der Waals surface area contributed by atoms with Crippen molar-refractivity contribution >= 4 is 11.8 Å². The molecule has 0 fully saturated rings. The molecule has 11 heteroatoms. The van der Waals surface area contributed by atoms with Gasteiger partial charge in [0.2, 0.25) is 0 Å². The molecule has 0 aliphatic carbocycles. The monoisotopic (exact) mass is 302 g/mol. The Labute approximate surface area is 113 Å². The van der Waals surface area contributed by atoms with Crippen molar-refractivity contribution in [1.82, 2.24) is 15.0 Å². The van der Waals surface area contributed by atoms with Crippen molar-refractivity contribution in [2.45, 2.75) is 6.18 Å².